The first-order chi connectivity index (χ1) is 19.4. The molecular formula is C33H22BN5. The van der Waals surface area contributed by atoms with Crippen molar-refractivity contribution in [1.82, 2.24) is 19.9 Å². The predicted octanol–water partition coefficient (Wildman–Crippen LogP) is 4.26. The molecule has 0 unspecified atom stereocenters. The zero-order chi connectivity index (χ0) is 25.8. The average molecular weight is 499 g/mol. The number of pyridine rings is 4. The first kappa shape index (κ1) is 21.9. The minimum Gasteiger partial charge on any atom is -0.278 e. The summed E-state index contributed by atoms with van der Waals surface area (Å²) in [5.74, 6) is 1.75. The molecule has 1 spiro atoms. The van der Waals surface area contributed by atoms with E-state index < -0.39 is 5.41 Å². The van der Waals surface area contributed by atoms with Crippen molar-refractivity contribution >= 4 is 40.4 Å². The van der Waals surface area contributed by atoms with Crippen LogP contribution in [-0.2, 0) is 5.41 Å². The third kappa shape index (κ3) is 2.97. The van der Waals surface area contributed by atoms with Crippen molar-refractivity contribution in [2.75, 3.05) is 4.90 Å². The lowest BCUT2D eigenvalue weighted by Gasteiger charge is -2.48. The lowest BCUT2D eigenvalue weighted by molar-refractivity contribution is 0.719. The van der Waals surface area contributed by atoms with Crippen LogP contribution >= 0.6 is 0 Å². The summed E-state index contributed by atoms with van der Waals surface area (Å²) in [6, 6.07) is 33.9. The number of nitrogens with zero attached hydrogens (tertiary/aromatic N) is 5. The minimum absolute atomic E-state index is 0.0108. The van der Waals surface area contributed by atoms with Crippen molar-refractivity contribution in [3.8, 4) is 0 Å². The molecule has 2 aliphatic heterocycles. The van der Waals surface area contributed by atoms with E-state index in [0.717, 1.165) is 28.5 Å². The molecule has 5 nitrogen and oxygen atoms in total. The number of aromatic nitrogens is 4. The van der Waals surface area contributed by atoms with Crippen molar-refractivity contribution < 1.29 is 0 Å². The van der Waals surface area contributed by atoms with Gasteiger partial charge in [-0.3, -0.25) is 14.9 Å². The summed E-state index contributed by atoms with van der Waals surface area (Å²) in [4.78, 5) is 21.5. The standard InChI is InChI=1S/C33H22BN5/c1-3-9-23(10-4-1)34-29-21-35-19-15-25(29)33(26-16-20-36-22-30(26)34)27-13-7-17-37-31(27)39(24-11-5-2-6-12-24)32-28(33)14-8-18-38-32/h1-22H. The molecule has 0 aliphatic carbocycles. The van der Waals surface area contributed by atoms with Gasteiger partial charge in [0.05, 0.1) is 5.41 Å². The second kappa shape index (κ2) is 8.46. The zero-order valence-corrected chi connectivity index (χ0v) is 21.0. The summed E-state index contributed by atoms with van der Waals surface area (Å²) >= 11 is 0. The fourth-order valence-corrected chi connectivity index (χ4v) is 6.66. The summed E-state index contributed by atoms with van der Waals surface area (Å²) in [6.45, 7) is 0.0108. The third-order valence-corrected chi connectivity index (χ3v) is 8.09. The largest absolute Gasteiger partial charge is 0.278 e. The Bertz CT molecular complexity index is 1610. The van der Waals surface area contributed by atoms with E-state index in [0.29, 0.717) is 0 Å². The van der Waals surface area contributed by atoms with Gasteiger partial charge in [0.2, 0.25) is 6.71 Å². The molecule has 2 aromatic carbocycles. The van der Waals surface area contributed by atoms with Crippen LogP contribution in [0, 0.1) is 0 Å². The molecule has 6 heterocycles. The van der Waals surface area contributed by atoms with Crippen LogP contribution in [-0.4, -0.2) is 26.6 Å². The maximum atomic E-state index is 5.00. The quantitative estimate of drug-likeness (QED) is 0.333. The Morgan fingerprint density at radius 1 is 0.513 bits per heavy atom. The van der Waals surface area contributed by atoms with Crippen molar-refractivity contribution in [3.05, 3.63) is 156 Å². The lowest BCUT2D eigenvalue weighted by atomic mass is 9.31. The maximum absolute atomic E-state index is 5.00. The monoisotopic (exact) mass is 499 g/mol. The molecule has 6 aromatic rings. The second-order valence-electron chi connectivity index (χ2n) is 9.94. The van der Waals surface area contributed by atoms with E-state index in [9.17, 15) is 0 Å². The van der Waals surface area contributed by atoms with Gasteiger partial charge in [-0.15, -0.1) is 0 Å². The molecule has 0 fully saturated rings. The molecule has 2 aliphatic rings. The van der Waals surface area contributed by atoms with Gasteiger partial charge in [-0.25, -0.2) is 9.97 Å². The molecule has 0 saturated heterocycles. The number of para-hydroxylation sites is 1. The highest BCUT2D eigenvalue weighted by atomic mass is 15.3. The molecule has 0 amide bonds. The Labute approximate surface area is 227 Å². The van der Waals surface area contributed by atoms with Gasteiger partial charge in [-0.05, 0) is 58.5 Å². The first-order valence-electron chi connectivity index (χ1n) is 13.1. The van der Waals surface area contributed by atoms with E-state index in [2.05, 4.69) is 93.7 Å². The van der Waals surface area contributed by atoms with Crippen LogP contribution in [0.4, 0.5) is 17.3 Å². The van der Waals surface area contributed by atoms with Crippen molar-refractivity contribution in [2.24, 2.45) is 0 Å². The molecule has 0 saturated carbocycles. The van der Waals surface area contributed by atoms with Crippen molar-refractivity contribution in [1.29, 1.82) is 0 Å². The molecule has 182 valence electrons. The average Bonchev–Trinajstić information content (AvgIpc) is 3.02. The van der Waals surface area contributed by atoms with E-state index in [1.165, 1.54) is 27.5 Å². The minimum atomic E-state index is -0.639. The van der Waals surface area contributed by atoms with Gasteiger partial charge in [0.15, 0.2) is 0 Å². The molecule has 39 heavy (non-hydrogen) atoms. The van der Waals surface area contributed by atoms with Crippen LogP contribution in [0.3, 0.4) is 0 Å². The molecule has 6 heteroatoms. The normalized spacial score (nSPS) is 14.3. The smallest absolute Gasteiger partial charge is 0.246 e. The van der Waals surface area contributed by atoms with Gasteiger partial charge in [-0.2, -0.15) is 0 Å². The van der Waals surface area contributed by atoms with Crippen LogP contribution in [0.15, 0.2) is 134 Å². The Hall–Kier alpha value is -5.10. The SMILES string of the molecule is c1ccc(B2c3cnccc3C3(c4ccncc42)c2cccnc2N(c2ccccc2)c2ncccc23)cc1. The summed E-state index contributed by atoms with van der Waals surface area (Å²) in [7, 11) is 0. The number of fused-ring (bicyclic) bond motifs is 8. The van der Waals surface area contributed by atoms with Crippen LogP contribution in [0.25, 0.3) is 0 Å². The predicted molar refractivity (Wildman–Crippen MR) is 155 cm³/mol. The number of anilines is 3. The Morgan fingerprint density at radius 2 is 1.05 bits per heavy atom. The Balaban J connectivity index is 1.53. The van der Waals surface area contributed by atoms with Gasteiger partial charge in [-0.1, -0.05) is 66.1 Å². The lowest BCUT2D eigenvalue weighted by Crippen LogP contribution is -2.62. The Morgan fingerprint density at radius 3 is 1.62 bits per heavy atom. The van der Waals surface area contributed by atoms with Crippen LogP contribution in [0.1, 0.15) is 22.3 Å². The zero-order valence-electron chi connectivity index (χ0n) is 21.0. The molecule has 0 bridgehead atoms. The molecule has 0 N–H and O–H groups in total. The highest BCUT2D eigenvalue weighted by Gasteiger charge is 2.53. The number of benzene rings is 2. The molecular weight excluding hydrogens is 477 g/mol. The number of hydrogen-bond acceptors (Lipinski definition) is 5. The first-order valence-corrected chi connectivity index (χ1v) is 13.1. The fourth-order valence-electron chi connectivity index (χ4n) is 6.66. The van der Waals surface area contributed by atoms with Crippen molar-refractivity contribution in [2.45, 2.75) is 5.41 Å². The van der Waals surface area contributed by atoms with Gasteiger partial charge in [0.1, 0.15) is 11.6 Å². The van der Waals surface area contributed by atoms with Crippen LogP contribution < -0.4 is 21.3 Å². The van der Waals surface area contributed by atoms with E-state index in [-0.39, 0.29) is 6.71 Å². The van der Waals surface area contributed by atoms with Crippen molar-refractivity contribution in [3.63, 3.8) is 0 Å². The maximum Gasteiger partial charge on any atom is 0.246 e. The molecule has 4 aromatic heterocycles. The fraction of sp³-hybridized carbons (Fsp3) is 0.0303. The van der Waals surface area contributed by atoms with E-state index in [4.69, 9.17) is 9.97 Å². The molecule has 8 rings (SSSR count). The summed E-state index contributed by atoms with van der Waals surface area (Å²) in [5.41, 5.74) is 8.55. The topological polar surface area (TPSA) is 54.8 Å². The van der Waals surface area contributed by atoms with Crippen LogP contribution in [0.5, 0.6) is 0 Å². The van der Waals surface area contributed by atoms with Gasteiger partial charge < -0.3 is 0 Å². The Kier molecular flexibility index (Phi) is 4.76. The van der Waals surface area contributed by atoms with Crippen LogP contribution in [0.2, 0.25) is 0 Å². The number of rotatable bonds is 2. The molecule has 0 radical (unpaired) electrons. The second-order valence-corrected chi connectivity index (χ2v) is 9.94. The number of hydrogen-bond donors (Lipinski definition) is 0. The van der Waals surface area contributed by atoms with E-state index in [1.54, 1.807) is 0 Å². The summed E-state index contributed by atoms with van der Waals surface area (Å²) in [6.07, 6.45) is 11.6. The van der Waals surface area contributed by atoms with Gasteiger partial charge in [0.25, 0.3) is 0 Å². The van der Waals surface area contributed by atoms with E-state index in [1.807, 2.05) is 55.4 Å². The third-order valence-electron chi connectivity index (χ3n) is 8.09. The highest BCUT2D eigenvalue weighted by molar-refractivity contribution is 6.96. The van der Waals surface area contributed by atoms with Gasteiger partial charge >= 0.3 is 0 Å². The highest BCUT2D eigenvalue weighted by Crippen LogP contribution is 2.56. The van der Waals surface area contributed by atoms with E-state index >= 15 is 0 Å². The summed E-state index contributed by atoms with van der Waals surface area (Å²) in [5, 5.41) is 0. The molecule has 0 atom stereocenters. The van der Waals surface area contributed by atoms with Gasteiger partial charge in [0, 0.05) is 54.0 Å². The summed E-state index contributed by atoms with van der Waals surface area (Å²) < 4.78 is 0.